The number of nitrogens with one attached hydrogen (secondary N) is 2. The fourth-order valence-electron chi connectivity index (χ4n) is 3.49. The fourth-order valence-corrected chi connectivity index (χ4v) is 3.49. The van der Waals surface area contributed by atoms with Crippen molar-refractivity contribution in [2.45, 2.75) is 25.8 Å². The SMILES string of the molecule is COc1ccc(C(=O)Nc2ccc3nc(CN4CCCCC4)[nH]c3c2)cc1. The summed E-state index contributed by atoms with van der Waals surface area (Å²) in [6.07, 6.45) is 3.86. The lowest BCUT2D eigenvalue weighted by Gasteiger charge is -2.25. The van der Waals surface area contributed by atoms with Crippen molar-refractivity contribution in [2.75, 3.05) is 25.5 Å². The Morgan fingerprint density at radius 2 is 1.93 bits per heavy atom. The number of carbonyl (C=O) groups is 1. The number of ether oxygens (including phenoxy) is 1. The maximum absolute atomic E-state index is 12.4. The van der Waals surface area contributed by atoms with Crippen molar-refractivity contribution in [3.8, 4) is 5.75 Å². The molecule has 0 atom stereocenters. The molecule has 0 bridgehead atoms. The first-order valence-electron chi connectivity index (χ1n) is 9.38. The van der Waals surface area contributed by atoms with Gasteiger partial charge in [0.15, 0.2) is 0 Å². The van der Waals surface area contributed by atoms with Gasteiger partial charge in [-0.15, -0.1) is 0 Å². The minimum absolute atomic E-state index is 0.148. The summed E-state index contributed by atoms with van der Waals surface area (Å²) in [7, 11) is 1.61. The number of likely N-dealkylation sites (tertiary alicyclic amines) is 1. The highest BCUT2D eigenvalue weighted by Gasteiger charge is 2.13. The Hall–Kier alpha value is -2.86. The summed E-state index contributed by atoms with van der Waals surface area (Å²) in [6, 6.07) is 12.8. The van der Waals surface area contributed by atoms with Crippen LogP contribution in [0.3, 0.4) is 0 Å². The van der Waals surface area contributed by atoms with E-state index >= 15 is 0 Å². The van der Waals surface area contributed by atoms with Gasteiger partial charge in [-0.05, 0) is 68.4 Å². The molecular formula is C21H24N4O2. The highest BCUT2D eigenvalue weighted by molar-refractivity contribution is 6.05. The molecule has 6 nitrogen and oxygen atoms in total. The van der Waals surface area contributed by atoms with E-state index in [4.69, 9.17) is 4.74 Å². The van der Waals surface area contributed by atoms with Crippen LogP contribution in [0.25, 0.3) is 11.0 Å². The van der Waals surface area contributed by atoms with Gasteiger partial charge in [0.1, 0.15) is 11.6 Å². The Morgan fingerprint density at radius 3 is 2.67 bits per heavy atom. The monoisotopic (exact) mass is 364 g/mol. The van der Waals surface area contributed by atoms with E-state index in [0.717, 1.165) is 47.9 Å². The maximum Gasteiger partial charge on any atom is 0.255 e. The van der Waals surface area contributed by atoms with E-state index in [-0.39, 0.29) is 5.91 Å². The van der Waals surface area contributed by atoms with E-state index < -0.39 is 0 Å². The molecule has 0 saturated carbocycles. The summed E-state index contributed by atoms with van der Waals surface area (Å²) in [5.41, 5.74) is 3.20. The smallest absolute Gasteiger partial charge is 0.255 e. The third-order valence-corrected chi connectivity index (χ3v) is 4.96. The first-order valence-corrected chi connectivity index (χ1v) is 9.38. The molecule has 1 aliphatic rings. The quantitative estimate of drug-likeness (QED) is 0.722. The van der Waals surface area contributed by atoms with Gasteiger partial charge in [-0.25, -0.2) is 4.98 Å². The molecule has 1 aromatic heterocycles. The lowest BCUT2D eigenvalue weighted by atomic mass is 10.1. The predicted octanol–water partition coefficient (Wildman–Crippen LogP) is 3.81. The number of H-pyrrole nitrogens is 1. The van der Waals surface area contributed by atoms with Gasteiger partial charge in [-0.3, -0.25) is 9.69 Å². The van der Waals surface area contributed by atoms with Crippen LogP contribution >= 0.6 is 0 Å². The van der Waals surface area contributed by atoms with Crippen LogP contribution in [0.5, 0.6) is 5.75 Å². The molecule has 0 spiro atoms. The third kappa shape index (κ3) is 4.11. The topological polar surface area (TPSA) is 70.2 Å². The number of benzene rings is 2. The molecule has 140 valence electrons. The van der Waals surface area contributed by atoms with E-state index in [2.05, 4.69) is 20.2 Å². The number of aromatic amines is 1. The number of amides is 1. The Morgan fingerprint density at radius 1 is 1.15 bits per heavy atom. The Balaban J connectivity index is 1.46. The Labute approximate surface area is 158 Å². The molecule has 1 fully saturated rings. The molecular weight excluding hydrogens is 340 g/mol. The molecule has 1 saturated heterocycles. The van der Waals surface area contributed by atoms with E-state index in [1.807, 2.05) is 18.2 Å². The summed E-state index contributed by atoms with van der Waals surface area (Å²) in [5, 5.41) is 2.94. The number of hydrogen-bond donors (Lipinski definition) is 2. The largest absolute Gasteiger partial charge is 0.497 e. The zero-order valence-electron chi connectivity index (χ0n) is 15.5. The van der Waals surface area contributed by atoms with E-state index in [1.54, 1.807) is 31.4 Å². The van der Waals surface area contributed by atoms with Crippen LogP contribution in [-0.4, -0.2) is 41.0 Å². The Kier molecular flexibility index (Phi) is 5.07. The third-order valence-electron chi connectivity index (χ3n) is 4.96. The number of methoxy groups -OCH3 is 1. The van der Waals surface area contributed by atoms with Crippen LogP contribution < -0.4 is 10.1 Å². The number of fused-ring (bicyclic) bond motifs is 1. The number of hydrogen-bond acceptors (Lipinski definition) is 4. The first kappa shape index (κ1) is 17.5. The number of rotatable bonds is 5. The summed E-state index contributed by atoms with van der Waals surface area (Å²) < 4.78 is 5.13. The lowest BCUT2D eigenvalue weighted by molar-refractivity contribution is 0.102. The number of carbonyl (C=O) groups excluding carboxylic acids is 1. The summed E-state index contributed by atoms with van der Waals surface area (Å²) in [4.78, 5) is 22.9. The van der Waals surface area contributed by atoms with Crippen molar-refractivity contribution in [1.29, 1.82) is 0 Å². The fraction of sp³-hybridized carbons (Fsp3) is 0.333. The van der Waals surface area contributed by atoms with E-state index in [1.165, 1.54) is 19.3 Å². The molecule has 27 heavy (non-hydrogen) atoms. The summed E-state index contributed by atoms with van der Waals surface area (Å²) in [5.74, 6) is 1.56. The maximum atomic E-state index is 12.4. The molecule has 3 aromatic rings. The molecule has 1 aliphatic heterocycles. The number of nitrogens with zero attached hydrogens (tertiary/aromatic N) is 2. The molecule has 2 heterocycles. The molecule has 0 unspecified atom stereocenters. The number of piperidine rings is 1. The van der Waals surface area contributed by atoms with Crippen molar-refractivity contribution >= 4 is 22.6 Å². The highest BCUT2D eigenvalue weighted by Crippen LogP contribution is 2.20. The van der Waals surface area contributed by atoms with Gasteiger partial charge in [0.2, 0.25) is 0 Å². The van der Waals surface area contributed by atoms with E-state index in [9.17, 15) is 4.79 Å². The highest BCUT2D eigenvalue weighted by atomic mass is 16.5. The molecule has 4 rings (SSSR count). The van der Waals surface area contributed by atoms with Crippen LogP contribution in [0.1, 0.15) is 35.4 Å². The Bertz CT molecular complexity index is 927. The number of aromatic nitrogens is 2. The summed E-state index contributed by atoms with van der Waals surface area (Å²) in [6.45, 7) is 3.13. The van der Waals surface area contributed by atoms with Gasteiger partial charge < -0.3 is 15.0 Å². The van der Waals surface area contributed by atoms with Gasteiger partial charge in [-0.1, -0.05) is 6.42 Å². The van der Waals surface area contributed by atoms with Crippen molar-refractivity contribution in [2.24, 2.45) is 0 Å². The van der Waals surface area contributed by atoms with Gasteiger partial charge in [0, 0.05) is 11.3 Å². The molecule has 2 N–H and O–H groups in total. The average Bonchev–Trinajstić information content (AvgIpc) is 3.10. The van der Waals surface area contributed by atoms with Crippen LogP contribution in [0.2, 0.25) is 0 Å². The normalized spacial score (nSPS) is 15.0. The molecule has 6 heteroatoms. The lowest BCUT2D eigenvalue weighted by Crippen LogP contribution is -2.29. The minimum atomic E-state index is -0.148. The first-order chi connectivity index (χ1) is 13.2. The van der Waals surface area contributed by atoms with Crippen molar-refractivity contribution in [1.82, 2.24) is 14.9 Å². The zero-order valence-corrected chi connectivity index (χ0v) is 15.5. The average molecular weight is 364 g/mol. The van der Waals surface area contributed by atoms with Crippen molar-refractivity contribution < 1.29 is 9.53 Å². The second-order valence-electron chi connectivity index (χ2n) is 6.93. The minimum Gasteiger partial charge on any atom is -0.497 e. The number of anilines is 1. The van der Waals surface area contributed by atoms with Gasteiger partial charge in [0.05, 0.1) is 24.7 Å². The molecule has 0 aliphatic carbocycles. The van der Waals surface area contributed by atoms with Crippen LogP contribution in [0.4, 0.5) is 5.69 Å². The molecule has 0 radical (unpaired) electrons. The van der Waals surface area contributed by atoms with Gasteiger partial charge >= 0.3 is 0 Å². The number of imidazole rings is 1. The van der Waals surface area contributed by atoms with Gasteiger partial charge in [0.25, 0.3) is 5.91 Å². The van der Waals surface area contributed by atoms with E-state index in [0.29, 0.717) is 5.56 Å². The van der Waals surface area contributed by atoms with Crippen LogP contribution in [0, 0.1) is 0 Å². The van der Waals surface area contributed by atoms with Crippen molar-refractivity contribution in [3.05, 3.63) is 53.9 Å². The molecule has 2 aromatic carbocycles. The van der Waals surface area contributed by atoms with Crippen LogP contribution in [0.15, 0.2) is 42.5 Å². The van der Waals surface area contributed by atoms with Crippen LogP contribution in [-0.2, 0) is 6.54 Å². The predicted molar refractivity (Wildman–Crippen MR) is 106 cm³/mol. The zero-order chi connectivity index (χ0) is 18.6. The van der Waals surface area contributed by atoms with Crippen molar-refractivity contribution in [3.63, 3.8) is 0 Å². The second-order valence-corrected chi connectivity index (χ2v) is 6.93. The molecule has 1 amide bonds. The second kappa shape index (κ2) is 7.80. The van der Waals surface area contributed by atoms with Gasteiger partial charge in [-0.2, -0.15) is 0 Å². The standard InChI is InChI=1S/C21H24N4O2/c1-27-17-8-5-15(6-9-17)21(26)22-16-7-10-18-19(13-16)24-20(23-18)14-25-11-3-2-4-12-25/h5-10,13H,2-4,11-12,14H2,1H3,(H,22,26)(H,23,24). The summed E-state index contributed by atoms with van der Waals surface area (Å²) >= 11 is 0.